The number of nitrogens with zero attached hydrogens (tertiary/aromatic N) is 2. The Hall–Kier alpha value is -2.24. The second kappa shape index (κ2) is 7.78. The lowest BCUT2D eigenvalue weighted by molar-refractivity contribution is -0.125. The molecule has 0 radical (unpaired) electrons. The summed E-state index contributed by atoms with van der Waals surface area (Å²) >= 11 is 0. The predicted molar refractivity (Wildman–Crippen MR) is 116 cm³/mol. The summed E-state index contributed by atoms with van der Waals surface area (Å²) in [6, 6.07) is 4.00. The van der Waals surface area contributed by atoms with Crippen molar-refractivity contribution in [2.75, 3.05) is 20.8 Å². The summed E-state index contributed by atoms with van der Waals surface area (Å²) in [5.41, 5.74) is 2.94. The Balaban J connectivity index is 1.41. The molecule has 4 rings (SSSR count). The summed E-state index contributed by atoms with van der Waals surface area (Å²) < 4.78 is 10.8. The smallest absolute Gasteiger partial charge is 0.272 e. The highest BCUT2D eigenvalue weighted by molar-refractivity contribution is 6.39. The van der Waals surface area contributed by atoms with Gasteiger partial charge in [-0.3, -0.25) is 4.79 Å². The van der Waals surface area contributed by atoms with Gasteiger partial charge in [-0.1, -0.05) is 25.9 Å². The molecule has 1 spiro atoms. The SMILES string of the molecule is COc1cc2c(cc1OC)CN(C(=O)C1=NO[C@]3(CC[C@H](C(C)(C)C)CC3)C1)CC2. The zero-order chi connectivity index (χ0) is 21.5. The summed E-state index contributed by atoms with van der Waals surface area (Å²) in [5.74, 6) is 2.14. The number of amides is 1. The van der Waals surface area contributed by atoms with E-state index in [2.05, 4.69) is 25.9 Å². The van der Waals surface area contributed by atoms with Crippen LogP contribution in [0.1, 0.15) is 64.0 Å². The minimum Gasteiger partial charge on any atom is -0.493 e. The molecule has 6 nitrogen and oxygen atoms in total. The van der Waals surface area contributed by atoms with Gasteiger partial charge in [0.2, 0.25) is 0 Å². The third-order valence-electron chi connectivity index (χ3n) is 7.21. The van der Waals surface area contributed by atoms with Crippen LogP contribution in [0.25, 0.3) is 0 Å². The highest BCUT2D eigenvalue weighted by atomic mass is 16.7. The molecule has 1 amide bonds. The number of oxime groups is 1. The Morgan fingerprint density at radius 1 is 1.13 bits per heavy atom. The maximum Gasteiger partial charge on any atom is 0.272 e. The minimum absolute atomic E-state index is 0.00487. The van der Waals surface area contributed by atoms with Crippen molar-refractivity contribution in [1.29, 1.82) is 0 Å². The Kier molecular flexibility index (Phi) is 5.45. The van der Waals surface area contributed by atoms with E-state index >= 15 is 0 Å². The van der Waals surface area contributed by atoms with Crippen molar-refractivity contribution < 1.29 is 19.1 Å². The average Bonchev–Trinajstić information content (AvgIpc) is 3.14. The van der Waals surface area contributed by atoms with Crippen LogP contribution >= 0.6 is 0 Å². The van der Waals surface area contributed by atoms with E-state index in [1.54, 1.807) is 14.2 Å². The molecule has 30 heavy (non-hydrogen) atoms. The topological polar surface area (TPSA) is 60.4 Å². The molecule has 3 aliphatic rings. The fraction of sp³-hybridized carbons (Fsp3) is 0.667. The minimum atomic E-state index is -0.267. The Bertz CT molecular complexity index is 847. The van der Waals surface area contributed by atoms with Gasteiger partial charge < -0.3 is 19.2 Å². The first kappa shape index (κ1) is 21.0. The number of hydrogen-bond acceptors (Lipinski definition) is 5. The fourth-order valence-corrected chi connectivity index (χ4v) is 5.15. The number of carbonyl (C=O) groups is 1. The normalized spacial score (nSPS) is 26.1. The van der Waals surface area contributed by atoms with Gasteiger partial charge >= 0.3 is 0 Å². The van der Waals surface area contributed by atoms with Crippen molar-refractivity contribution >= 4 is 11.6 Å². The Morgan fingerprint density at radius 2 is 1.77 bits per heavy atom. The van der Waals surface area contributed by atoms with Gasteiger partial charge in [0, 0.05) is 19.5 Å². The highest BCUT2D eigenvalue weighted by Crippen LogP contribution is 2.46. The predicted octanol–water partition coefficient (Wildman–Crippen LogP) is 4.34. The van der Waals surface area contributed by atoms with E-state index in [4.69, 9.17) is 14.3 Å². The second-order valence-corrected chi connectivity index (χ2v) is 10.1. The summed E-state index contributed by atoms with van der Waals surface area (Å²) in [6.45, 7) is 8.19. The lowest BCUT2D eigenvalue weighted by atomic mass is 9.67. The summed E-state index contributed by atoms with van der Waals surface area (Å²) in [4.78, 5) is 21.0. The van der Waals surface area contributed by atoms with Crippen molar-refractivity contribution in [3.8, 4) is 11.5 Å². The molecular formula is C24H34N2O4. The molecule has 0 aromatic heterocycles. The zero-order valence-corrected chi connectivity index (χ0v) is 18.9. The molecule has 2 aliphatic heterocycles. The monoisotopic (exact) mass is 414 g/mol. The lowest BCUT2D eigenvalue weighted by Gasteiger charge is -2.40. The summed E-state index contributed by atoms with van der Waals surface area (Å²) in [7, 11) is 3.28. The number of fused-ring (bicyclic) bond motifs is 1. The van der Waals surface area contributed by atoms with Crippen LogP contribution in [0.3, 0.4) is 0 Å². The van der Waals surface area contributed by atoms with Gasteiger partial charge in [-0.25, -0.2) is 0 Å². The standard InChI is InChI=1S/C24H34N2O4/c1-23(2,3)18-6-9-24(10-7-18)14-19(25-30-24)22(27)26-11-8-16-12-20(28-4)21(29-5)13-17(16)15-26/h12-13,18H,6-11,14-15H2,1-5H3/t18-,24-. The van der Waals surface area contributed by atoms with Gasteiger partial charge in [0.1, 0.15) is 11.3 Å². The van der Waals surface area contributed by atoms with E-state index in [9.17, 15) is 4.79 Å². The third kappa shape index (κ3) is 3.88. The maximum atomic E-state index is 13.2. The molecule has 0 N–H and O–H groups in total. The van der Waals surface area contributed by atoms with Crippen LogP contribution in [0.5, 0.6) is 11.5 Å². The molecule has 2 heterocycles. The number of hydrogen-bond donors (Lipinski definition) is 0. The van der Waals surface area contributed by atoms with Crippen LogP contribution in [0, 0.1) is 11.3 Å². The van der Waals surface area contributed by atoms with Gasteiger partial charge in [-0.15, -0.1) is 0 Å². The van der Waals surface area contributed by atoms with Crippen molar-refractivity contribution in [1.82, 2.24) is 4.90 Å². The molecule has 1 aromatic rings. The number of benzene rings is 1. The van der Waals surface area contributed by atoms with E-state index in [0.29, 0.717) is 42.3 Å². The van der Waals surface area contributed by atoms with Gasteiger partial charge in [0.25, 0.3) is 5.91 Å². The molecule has 1 aliphatic carbocycles. The van der Waals surface area contributed by atoms with Gasteiger partial charge in [-0.05, 0) is 66.7 Å². The van der Waals surface area contributed by atoms with E-state index in [0.717, 1.165) is 43.4 Å². The van der Waals surface area contributed by atoms with E-state index < -0.39 is 0 Å². The number of methoxy groups -OCH3 is 2. The maximum absolute atomic E-state index is 13.2. The summed E-state index contributed by atoms with van der Waals surface area (Å²) in [5, 5.41) is 4.27. The highest BCUT2D eigenvalue weighted by Gasteiger charge is 2.46. The van der Waals surface area contributed by atoms with Gasteiger partial charge in [0.05, 0.1) is 14.2 Å². The van der Waals surface area contributed by atoms with Gasteiger partial charge in [0.15, 0.2) is 11.5 Å². The molecule has 0 bridgehead atoms. The fourth-order valence-electron chi connectivity index (χ4n) is 5.15. The van der Waals surface area contributed by atoms with E-state index in [1.165, 1.54) is 5.56 Å². The molecule has 0 atom stereocenters. The van der Waals surface area contributed by atoms with Gasteiger partial charge in [-0.2, -0.15) is 0 Å². The van der Waals surface area contributed by atoms with Crippen molar-refractivity contribution in [2.45, 2.75) is 71.4 Å². The first-order valence-electron chi connectivity index (χ1n) is 11.0. The van der Waals surface area contributed by atoms with Crippen LogP contribution in [-0.4, -0.2) is 42.9 Å². The molecular weight excluding hydrogens is 380 g/mol. The third-order valence-corrected chi connectivity index (χ3v) is 7.21. The van der Waals surface area contributed by atoms with Crippen LogP contribution in [-0.2, 0) is 22.6 Å². The molecule has 0 saturated heterocycles. The summed E-state index contributed by atoms with van der Waals surface area (Å²) in [6.07, 6.45) is 5.68. The average molecular weight is 415 g/mol. The van der Waals surface area contributed by atoms with Crippen molar-refractivity contribution in [3.05, 3.63) is 23.3 Å². The Labute approximate surface area is 179 Å². The van der Waals surface area contributed by atoms with Crippen LogP contribution in [0.15, 0.2) is 17.3 Å². The van der Waals surface area contributed by atoms with E-state index in [-0.39, 0.29) is 11.5 Å². The number of ether oxygens (including phenoxy) is 2. The zero-order valence-electron chi connectivity index (χ0n) is 18.9. The quantitative estimate of drug-likeness (QED) is 0.738. The van der Waals surface area contributed by atoms with Crippen molar-refractivity contribution in [3.63, 3.8) is 0 Å². The molecule has 0 unspecified atom stereocenters. The largest absolute Gasteiger partial charge is 0.493 e. The number of carbonyl (C=O) groups excluding carboxylic acids is 1. The first-order chi connectivity index (χ1) is 14.2. The van der Waals surface area contributed by atoms with Crippen LogP contribution in [0.2, 0.25) is 0 Å². The molecule has 1 fully saturated rings. The molecule has 6 heteroatoms. The Morgan fingerprint density at radius 3 is 2.37 bits per heavy atom. The van der Waals surface area contributed by atoms with Crippen molar-refractivity contribution in [2.24, 2.45) is 16.5 Å². The molecule has 1 saturated carbocycles. The molecule has 164 valence electrons. The second-order valence-electron chi connectivity index (χ2n) is 10.1. The van der Waals surface area contributed by atoms with Crippen LogP contribution in [0.4, 0.5) is 0 Å². The van der Waals surface area contributed by atoms with E-state index in [1.807, 2.05) is 17.0 Å². The van der Waals surface area contributed by atoms with Crippen LogP contribution < -0.4 is 9.47 Å². The first-order valence-corrected chi connectivity index (χ1v) is 11.0. The molecule has 1 aromatic carbocycles. The number of rotatable bonds is 3. The lowest BCUT2D eigenvalue weighted by Crippen LogP contribution is -2.42.